The molecule has 2 heterocycles. The fraction of sp³-hybridized carbons (Fsp3) is 0.478. The molecule has 0 amide bonds. The van der Waals surface area contributed by atoms with Crippen molar-refractivity contribution in [3.05, 3.63) is 42.2 Å². The highest BCUT2D eigenvalue weighted by atomic mass is 31.2. The maximum atomic E-state index is 13.6. The molecule has 0 aliphatic heterocycles. The molecular weight excluding hydrogens is 471 g/mol. The van der Waals surface area contributed by atoms with E-state index >= 15 is 0 Å². The van der Waals surface area contributed by atoms with Crippen molar-refractivity contribution in [2.24, 2.45) is 0 Å². The van der Waals surface area contributed by atoms with Crippen molar-refractivity contribution in [1.29, 1.82) is 0 Å². The maximum absolute atomic E-state index is 13.6. The third-order valence-corrected chi connectivity index (χ3v) is 7.16. The Kier molecular flexibility index (Phi) is 9.73. The van der Waals surface area contributed by atoms with E-state index in [1.807, 2.05) is 37.3 Å². The van der Waals surface area contributed by atoms with Gasteiger partial charge in [0.05, 0.1) is 32.7 Å². The highest BCUT2D eigenvalue weighted by Gasteiger charge is 2.28. The van der Waals surface area contributed by atoms with Crippen LogP contribution in [0, 0.1) is 0 Å². The fourth-order valence-electron chi connectivity index (χ4n) is 3.39. The molecule has 3 aromatic rings. The summed E-state index contributed by atoms with van der Waals surface area (Å²) in [6.45, 7) is 4.43. The lowest BCUT2D eigenvalue weighted by Gasteiger charge is -2.23. The minimum absolute atomic E-state index is 0.00788. The predicted octanol–water partition coefficient (Wildman–Crippen LogP) is 3.54. The summed E-state index contributed by atoms with van der Waals surface area (Å²) in [4.78, 5) is 24.9. The van der Waals surface area contributed by atoms with Gasteiger partial charge in [0.25, 0.3) is 7.52 Å². The van der Waals surface area contributed by atoms with E-state index in [-0.39, 0.29) is 37.2 Å². The molecule has 0 radical (unpaired) electrons. The number of unbranched alkanes of at least 4 members (excludes halogenated alkanes) is 1. The summed E-state index contributed by atoms with van der Waals surface area (Å²) in [5.41, 5.74) is 7.62. The van der Waals surface area contributed by atoms with E-state index in [0.717, 1.165) is 18.4 Å². The van der Waals surface area contributed by atoms with Crippen LogP contribution in [0.4, 0.5) is 5.95 Å². The Morgan fingerprint density at radius 1 is 1.26 bits per heavy atom. The summed E-state index contributed by atoms with van der Waals surface area (Å²) < 4.78 is 32.1. The fourth-order valence-corrected chi connectivity index (χ4v) is 5.07. The van der Waals surface area contributed by atoms with E-state index in [4.69, 9.17) is 19.7 Å². The lowest BCUT2D eigenvalue weighted by molar-refractivity contribution is -0.120. The molecule has 2 atom stereocenters. The Labute approximate surface area is 204 Å². The lowest BCUT2D eigenvalue weighted by Crippen LogP contribution is -2.33. The number of benzene rings is 1. The van der Waals surface area contributed by atoms with Crippen LogP contribution in [0.3, 0.4) is 0 Å². The average molecular weight is 505 g/mol. The van der Waals surface area contributed by atoms with Crippen molar-refractivity contribution in [2.45, 2.75) is 52.3 Å². The number of fused-ring (bicyclic) bond motifs is 1. The number of Topliss-reactive ketones (excluding diaryl/α,β-unsaturated/α-hetero) is 1. The molecular formula is C23H33N6O5P. The summed E-state index contributed by atoms with van der Waals surface area (Å²) in [6, 6.07) is 8.81. The van der Waals surface area contributed by atoms with Gasteiger partial charge in [-0.1, -0.05) is 43.7 Å². The second-order valence-electron chi connectivity index (χ2n) is 8.09. The average Bonchev–Trinajstić information content (AvgIpc) is 3.26. The lowest BCUT2D eigenvalue weighted by atomic mass is 10.1. The predicted molar refractivity (Wildman–Crippen MR) is 133 cm³/mol. The number of aromatic nitrogens is 4. The smallest absolute Gasteiger partial charge is 0.295 e. The largest absolute Gasteiger partial charge is 0.479 e. The zero-order chi connectivity index (χ0) is 25.3. The van der Waals surface area contributed by atoms with Crippen LogP contribution in [0.1, 0.15) is 38.7 Å². The summed E-state index contributed by atoms with van der Waals surface area (Å²) in [5.74, 6) is 0.352. The minimum atomic E-state index is -3.49. The Bertz CT molecular complexity index is 1160. The Morgan fingerprint density at radius 2 is 2.03 bits per heavy atom. The highest BCUT2D eigenvalue weighted by molar-refractivity contribution is 7.56. The molecule has 2 aromatic heterocycles. The van der Waals surface area contributed by atoms with Crippen LogP contribution in [0.15, 0.2) is 36.7 Å². The van der Waals surface area contributed by atoms with Crippen molar-refractivity contribution < 1.29 is 23.4 Å². The number of methoxy groups -OCH3 is 1. The van der Waals surface area contributed by atoms with Crippen LogP contribution in [0.25, 0.3) is 11.2 Å². The van der Waals surface area contributed by atoms with E-state index in [1.165, 1.54) is 7.11 Å². The van der Waals surface area contributed by atoms with Gasteiger partial charge >= 0.3 is 0 Å². The summed E-state index contributed by atoms with van der Waals surface area (Å²) in [7, 11) is -2.00. The first-order valence-electron chi connectivity index (χ1n) is 11.5. The standard InChI is InChI=1S/C23H33N6O5P/c1-4-5-11-19(30)17(2)28-35(31,34-14-18-9-7-6-8-10-18)16-33-13-12-29-15-25-20-21(29)26-23(24)27-22(20)32-3/h6-10,15,17H,4-5,11-14,16H2,1-3H3,(H,28,31)(H2,24,26,27)/t17-,35+/m0/s1. The number of anilines is 1. The molecule has 12 heteroatoms. The van der Waals surface area contributed by atoms with Crippen LogP contribution >= 0.6 is 7.52 Å². The van der Waals surface area contributed by atoms with Gasteiger partial charge in [0.1, 0.15) is 12.1 Å². The number of carbonyl (C=O) groups is 1. The molecule has 0 saturated carbocycles. The van der Waals surface area contributed by atoms with Crippen LogP contribution in [0.2, 0.25) is 0 Å². The Hall–Kier alpha value is -2.85. The van der Waals surface area contributed by atoms with Crippen molar-refractivity contribution in [3.63, 3.8) is 0 Å². The number of ether oxygens (including phenoxy) is 2. The number of nitrogens with two attached hydrogens (primary N) is 1. The monoisotopic (exact) mass is 504 g/mol. The van der Waals surface area contributed by atoms with E-state index < -0.39 is 13.6 Å². The normalized spacial score (nSPS) is 14.0. The number of nitrogen functional groups attached to an aromatic ring is 1. The number of ketones is 1. The van der Waals surface area contributed by atoms with Crippen molar-refractivity contribution in [3.8, 4) is 5.88 Å². The van der Waals surface area contributed by atoms with Crippen molar-refractivity contribution in [2.75, 3.05) is 25.8 Å². The van der Waals surface area contributed by atoms with Gasteiger partial charge in [0.15, 0.2) is 11.2 Å². The van der Waals surface area contributed by atoms with Crippen molar-refractivity contribution >= 4 is 30.4 Å². The zero-order valence-corrected chi connectivity index (χ0v) is 21.2. The molecule has 11 nitrogen and oxygen atoms in total. The molecule has 0 aliphatic rings. The minimum Gasteiger partial charge on any atom is -0.479 e. The van der Waals surface area contributed by atoms with Crippen LogP contribution in [0.5, 0.6) is 5.88 Å². The SMILES string of the molecule is CCCCC(=O)[C@H](C)N[P@@](=O)(COCCn1cnc2c(OC)nc(N)nc21)OCc1ccccc1. The van der Waals surface area contributed by atoms with E-state index in [1.54, 1.807) is 17.8 Å². The molecule has 0 unspecified atom stereocenters. The number of rotatable bonds is 15. The van der Waals surface area contributed by atoms with Gasteiger partial charge in [0, 0.05) is 13.0 Å². The Morgan fingerprint density at radius 3 is 2.74 bits per heavy atom. The first kappa shape index (κ1) is 26.7. The number of nitrogens with one attached hydrogen (secondary N) is 1. The summed E-state index contributed by atoms with van der Waals surface area (Å²) >= 11 is 0. The molecule has 0 fully saturated rings. The molecule has 35 heavy (non-hydrogen) atoms. The van der Waals surface area contributed by atoms with E-state index in [2.05, 4.69) is 20.0 Å². The third-order valence-electron chi connectivity index (χ3n) is 5.31. The number of hydrogen-bond donors (Lipinski definition) is 2. The second kappa shape index (κ2) is 12.7. The van der Waals surface area contributed by atoms with Gasteiger partial charge in [-0.25, -0.2) is 10.1 Å². The van der Waals surface area contributed by atoms with Crippen LogP contribution in [-0.4, -0.2) is 51.4 Å². The quantitative estimate of drug-likeness (QED) is 0.233. The number of hydrogen-bond acceptors (Lipinski definition) is 9. The third kappa shape index (κ3) is 7.57. The van der Waals surface area contributed by atoms with Crippen LogP contribution in [-0.2, 0) is 31.8 Å². The zero-order valence-electron chi connectivity index (χ0n) is 20.3. The summed E-state index contributed by atoms with van der Waals surface area (Å²) in [6.07, 6.45) is 3.51. The topological polar surface area (TPSA) is 143 Å². The van der Waals surface area contributed by atoms with Gasteiger partial charge in [-0.05, 0) is 18.9 Å². The molecule has 3 N–H and O–H groups in total. The number of nitrogens with zero attached hydrogens (tertiary/aromatic N) is 4. The highest BCUT2D eigenvalue weighted by Crippen LogP contribution is 2.44. The van der Waals surface area contributed by atoms with Gasteiger partial charge in [-0.15, -0.1) is 0 Å². The molecule has 0 bridgehead atoms. The van der Waals surface area contributed by atoms with Crippen LogP contribution < -0.4 is 15.6 Å². The molecule has 1 aromatic carbocycles. The number of carbonyl (C=O) groups excluding carboxylic acids is 1. The molecule has 190 valence electrons. The molecule has 3 rings (SSSR count). The number of imidazole rings is 1. The van der Waals surface area contributed by atoms with Gasteiger partial charge in [-0.2, -0.15) is 9.97 Å². The van der Waals surface area contributed by atoms with E-state index in [9.17, 15) is 9.36 Å². The van der Waals surface area contributed by atoms with Gasteiger partial charge in [0.2, 0.25) is 11.8 Å². The van der Waals surface area contributed by atoms with Crippen molar-refractivity contribution in [1.82, 2.24) is 24.6 Å². The maximum Gasteiger partial charge on any atom is 0.295 e. The van der Waals surface area contributed by atoms with Gasteiger partial charge in [-0.3, -0.25) is 9.36 Å². The first-order valence-corrected chi connectivity index (χ1v) is 13.3. The molecule has 0 aliphatic carbocycles. The second-order valence-corrected chi connectivity index (χ2v) is 10.2. The van der Waals surface area contributed by atoms with Gasteiger partial charge < -0.3 is 24.3 Å². The van der Waals surface area contributed by atoms with E-state index in [0.29, 0.717) is 24.1 Å². The Balaban J connectivity index is 1.63. The summed E-state index contributed by atoms with van der Waals surface area (Å²) in [5, 5.41) is 2.90. The molecule has 0 spiro atoms. The molecule has 0 saturated heterocycles. The first-order chi connectivity index (χ1) is 16.8.